The van der Waals surface area contributed by atoms with Crippen LogP contribution >= 0.6 is 0 Å². The lowest BCUT2D eigenvalue weighted by molar-refractivity contribution is 0.0342. The molecule has 0 aromatic heterocycles. The molecule has 0 unspecified atom stereocenters. The molecule has 1 heterocycles. The van der Waals surface area contributed by atoms with Crippen molar-refractivity contribution in [1.29, 1.82) is 0 Å². The Bertz CT molecular complexity index is 307. The van der Waals surface area contributed by atoms with Crippen LogP contribution in [0.2, 0.25) is 0 Å². The van der Waals surface area contributed by atoms with Crippen LogP contribution in [-0.4, -0.2) is 36.4 Å². The van der Waals surface area contributed by atoms with Crippen LogP contribution in [0.4, 0.5) is 0 Å². The van der Waals surface area contributed by atoms with Gasteiger partial charge in [-0.25, -0.2) is 5.48 Å². The molecule has 0 bridgehead atoms. The molecule has 1 aromatic carbocycles. The minimum Gasteiger partial charge on any atom is -0.379 e. The fraction of sp³-hybridized carbons (Fsp3) is 0.500. The van der Waals surface area contributed by atoms with Crippen LogP contribution in [0.1, 0.15) is 11.1 Å². The molecule has 1 aromatic rings. The molecular weight excluding hydrogens is 204 g/mol. The van der Waals surface area contributed by atoms with Crippen LogP contribution in [0.25, 0.3) is 0 Å². The summed E-state index contributed by atoms with van der Waals surface area (Å²) in [5.74, 6) is 0. The summed E-state index contributed by atoms with van der Waals surface area (Å²) < 4.78 is 5.31. The Hall–Kier alpha value is -0.940. The highest BCUT2D eigenvalue weighted by atomic mass is 16.5. The summed E-state index contributed by atoms with van der Waals surface area (Å²) in [5.41, 5.74) is 4.56. The molecule has 0 atom stereocenters. The summed E-state index contributed by atoms with van der Waals surface area (Å²) in [6.45, 7) is 5.19. The fourth-order valence-electron chi connectivity index (χ4n) is 1.87. The Morgan fingerprint density at radius 2 is 1.75 bits per heavy atom. The molecule has 0 radical (unpaired) electrons. The Balaban J connectivity index is 1.88. The van der Waals surface area contributed by atoms with Gasteiger partial charge in [0.1, 0.15) is 0 Å². The van der Waals surface area contributed by atoms with E-state index >= 15 is 0 Å². The van der Waals surface area contributed by atoms with Crippen molar-refractivity contribution >= 4 is 0 Å². The molecule has 0 spiro atoms. The van der Waals surface area contributed by atoms with Crippen LogP contribution in [0.3, 0.4) is 0 Å². The number of nitrogens with one attached hydrogen (secondary N) is 1. The molecule has 4 heteroatoms. The SMILES string of the molecule is ONCc1ccc(CN2CCOCC2)cc1. The summed E-state index contributed by atoms with van der Waals surface area (Å²) in [5, 5.41) is 8.58. The zero-order valence-electron chi connectivity index (χ0n) is 9.35. The van der Waals surface area contributed by atoms with E-state index in [1.807, 2.05) is 12.1 Å². The van der Waals surface area contributed by atoms with Crippen molar-refractivity contribution in [1.82, 2.24) is 10.4 Å². The van der Waals surface area contributed by atoms with Crippen molar-refractivity contribution in [2.45, 2.75) is 13.1 Å². The molecule has 0 amide bonds. The molecule has 1 saturated heterocycles. The molecule has 1 fully saturated rings. The molecule has 0 saturated carbocycles. The summed E-state index contributed by atoms with van der Waals surface area (Å²) in [7, 11) is 0. The van der Waals surface area contributed by atoms with Gasteiger partial charge in [-0.3, -0.25) is 4.90 Å². The fourth-order valence-corrected chi connectivity index (χ4v) is 1.87. The summed E-state index contributed by atoms with van der Waals surface area (Å²) in [6, 6.07) is 8.31. The molecule has 2 N–H and O–H groups in total. The Kier molecular flexibility index (Phi) is 4.30. The predicted molar refractivity (Wildman–Crippen MR) is 61.2 cm³/mol. The van der Waals surface area contributed by atoms with E-state index in [1.165, 1.54) is 5.56 Å². The minimum absolute atomic E-state index is 0.498. The molecule has 0 aliphatic carbocycles. The largest absolute Gasteiger partial charge is 0.379 e. The topological polar surface area (TPSA) is 44.7 Å². The number of rotatable bonds is 4. The third kappa shape index (κ3) is 3.28. The Morgan fingerprint density at radius 3 is 2.38 bits per heavy atom. The molecule has 1 aliphatic rings. The summed E-state index contributed by atoms with van der Waals surface area (Å²) >= 11 is 0. The van der Waals surface area contributed by atoms with E-state index in [2.05, 4.69) is 22.5 Å². The van der Waals surface area contributed by atoms with Crippen molar-refractivity contribution in [3.63, 3.8) is 0 Å². The second kappa shape index (κ2) is 5.96. The zero-order chi connectivity index (χ0) is 11.2. The van der Waals surface area contributed by atoms with Gasteiger partial charge in [-0.1, -0.05) is 24.3 Å². The lowest BCUT2D eigenvalue weighted by atomic mass is 10.1. The number of nitrogens with zero attached hydrogens (tertiary/aromatic N) is 1. The van der Waals surface area contributed by atoms with Crippen LogP contribution in [0, 0.1) is 0 Å². The number of hydrogen-bond acceptors (Lipinski definition) is 4. The number of hydroxylamine groups is 1. The van der Waals surface area contributed by atoms with Gasteiger partial charge in [-0.15, -0.1) is 0 Å². The van der Waals surface area contributed by atoms with Crippen LogP contribution < -0.4 is 5.48 Å². The average molecular weight is 222 g/mol. The van der Waals surface area contributed by atoms with E-state index in [0.717, 1.165) is 38.4 Å². The highest BCUT2D eigenvalue weighted by Crippen LogP contribution is 2.08. The first-order valence-corrected chi connectivity index (χ1v) is 5.63. The molecule has 88 valence electrons. The van der Waals surface area contributed by atoms with Crippen molar-refractivity contribution in [2.75, 3.05) is 26.3 Å². The quantitative estimate of drug-likeness (QED) is 0.746. The van der Waals surface area contributed by atoms with Gasteiger partial charge < -0.3 is 9.94 Å². The van der Waals surface area contributed by atoms with Crippen LogP contribution in [0.5, 0.6) is 0 Å². The molecule has 16 heavy (non-hydrogen) atoms. The molecule has 2 rings (SSSR count). The van der Waals surface area contributed by atoms with Gasteiger partial charge >= 0.3 is 0 Å². The van der Waals surface area contributed by atoms with Crippen molar-refractivity contribution in [3.8, 4) is 0 Å². The smallest absolute Gasteiger partial charge is 0.0594 e. The lowest BCUT2D eigenvalue weighted by Gasteiger charge is -2.26. The average Bonchev–Trinajstić information content (AvgIpc) is 2.33. The Labute approximate surface area is 95.8 Å². The van der Waals surface area contributed by atoms with Gasteiger partial charge in [0.25, 0.3) is 0 Å². The van der Waals surface area contributed by atoms with E-state index < -0.39 is 0 Å². The first kappa shape index (κ1) is 11.5. The standard InChI is InChI=1S/C12H18N2O2/c15-13-9-11-1-3-12(4-2-11)10-14-5-7-16-8-6-14/h1-4,13,15H,5-10H2. The maximum Gasteiger partial charge on any atom is 0.0594 e. The maximum absolute atomic E-state index is 8.58. The van der Waals surface area contributed by atoms with E-state index in [9.17, 15) is 0 Å². The highest BCUT2D eigenvalue weighted by molar-refractivity contribution is 5.22. The molecule has 1 aliphatic heterocycles. The second-order valence-electron chi connectivity index (χ2n) is 4.04. The number of benzene rings is 1. The van der Waals surface area contributed by atoms with E-state index in [0.29, 0.717) is 6.54 Å². The number of hydrogen-bond donors (Lipinski definition) is 2. The van der Waals surface area contributed by atoms with Gasteiger partial charge in [0.15, 0.2) is 0 Å². The minimum atomic E-state index is 0.498. The summed E-state index contributed by atoms with van der Waals surface area (Å²) in [6.07, 6.45) is 0. The van der Waals surface area contributed by atoms with Gasteiger partial charge in [-0.2, -0.15) is 0 Å². The van der Waals surface area contributed by atoms with Crippen LogP contribution in [0.15, 0.2) is 24.3 Å². The monoisotopic (exact) mass is 222 g/mol. The maximum atomic E-state index is 8.58. The summed E-state index contributed by atoms with van der Waals surface area (Å²) in [4.78, 5) is 2.39. The lowest BCUT2D eigenvalue weighted by Crippen LogP contribution is -2.35. The van der Waals surface area contributed by atoms with Crippen molar-refractivity contribution in [2.24, 2.45) is 0 Å². The third-order valence-corrected chi connectivity index (χ3v) is 2.82. The predicted octanol–water partition coefficient (Wildman–Crippen LogP) is 0.998. The van der Waals surface area contributed by atoms with Gasteiger partial charge in [0.2, 0.25) is 0 Å². The van der Waals surface area contributed by atoms with Crippen molar-refractivity contribution in [3.05, 3.63) is 35.4 Å². The first-order valence-electron chi connectivity index (χ1n) is 5.63. The van der Waals surface area contributed by atoms with Gasteiger partial charge in [0.05, 0.1) is 13.2 Å². The molecular formula is C12H18N2O2. The molecule has 4 nitrogen and oxygen atoms in total. The van der Waals surface area contributed by atoms with E-state index in [-0.39, 0.29) is 0 Å². The first-order chi connectivity index (χ1) is 7.88. The van der Waals surface area contributed by atoms with Gasteiger partial charge in [-0.05, 0) is 11.1 Å². The van der Waals surface area contributed by atoms with Crippen molar-refractivity contribution < 1.29 is 9.94 Å². The number of ether oxygens (including phenoxy) is 1. The van der Waals surface area contributed by atoms with E-state index in [1.54, 1.807) is 0 Å². The zero-order valence-corrected chi connectivity index (χ0v) is 9.35. The van der Waals surface area contributed by atoms with Crippen LogP contribution in [-0.2, 0) is 17.8 Å². The second-order valence-corrected chi connectivity index (χ2v) is 4.04. The number of morpholine rings is 1. The van der Waals surface area contributed by atoms with E-state index in [4.69, 9.17) is 9.94 Å². The highest BCUT2D eigenvalue weighted by Gasteiger charge is 2.10. The van der Waals surface area contributed by atoms with Gasteiger partial charge in [0, 0.05) is 26.2 Å². The normalized spacial score (nSPS) is 17.6. The Morgan fingerprint density at radius 1 is 1.12 bits per heavy atom. The third-order valence-electron chi connectivity index (χ3n) is 2.82.